The maximum absolute atomic E-state index is 13.6. The Bertz CT molecular complexity index is 458. The average Bonchev–Trinajstić information content (AvgIpc) is 2.37. The molecular weight excluding hydrogens is 255 g/mol. The number of methoxy groups -OCH3 is 1. The normalized spacial score (nSPS) is 23.0. The topological polar surface area (TPSA) is 21.3 Å². The van der Waals surface area contributed by atoms with Crippen molar-refractivity contribution < 1.29 is 17.9 Å². The van der Waals surface area contributed by atoms with Crippen LogP contribution in [0.15, 0.2) is 18.2 Å². The molecule has 0 aromatic heterocycles. The fourth-order valence-corrected chi connectivity index (χ4v) is 2.88. The summed E-state index contributed by atoms with van der Waals surface area (Å²) >= 11 is 0. The van der Waals surface area contributed by atoms with Gasteiger partial charge in [0.15, 0.2) is 0 Å². The van der Waals surface area contributed by atoms with Gasteiger partial charge in [-0.1, -0.05) is 13.0 Å². The molecule has 0 radical (unpaired) electrons. The Hall–Kier alpha value is -1.23. The first-order chi connectivity index (χ1) is 8.94. The van der Waals surface area contributed by atoms with Crippen LogP contribution in [-0.2, 0) is 12.0 Å². The molecule has 1 aliphatic rings. The first-order valence-corrected chi connectivity index (χ1v) is 6.44. The predicted molar refractivity (Wildman–Crippen MR) is 67.3 cm³/mol. The molecule has 1 N–H and O–H groups in total. The van der Waals surface area contributed by atoms with Crippen LogP contribution >= 0.6 is 0 Å². The summed E-state index contributed by atoms with van der Waals surface area (Å²) in [5, 5.41) is 2.67. The molecule has 106 valence electrons. The summed E-state index contributed by atoms with van der Waals surface area (Å²) in [7, 11) is 1.52. The van der Waals surface area contributed by atoms with Gasteiger partial charge in [0.2, 0.25) is 0 Å². The number of halogens is 3. The number of rotatable bonds is 3. The number of hydrogen-bond donors (Lipinski definition) is 1. The minimum absolute atomic E-state index is 0.0870. The Morgan fingerprint density at radius 2 is 2.11 bits per heavy atom. The van der Waals surface area contributed by atoms with Crippen LogP contribution in [0.4, 0.5) is 13.2 Å². The van der Waals surface area contributed by atoms with Gasteiger partial charge in [-0.25, -0.2) is 0 Å². The minimum Gasteiger partial charge on any atom is -0.497 e. The van der Waals surface area contributed by atoms with E-state index in [-0.39, 0.29) is 13.0 Å². The van der Waals surface area contributed by atoms with E-state index >= 15 is 0 Å². The van der Waals surface area contributed by atoms with Crippen LogP contribution in [0.5, 0.6) is 5.75 Å². The number of nitrogens with one attached hydrogen (secondary N) is 1. The molecule has 0 fully saturated rings. The van der Waals surface area contributed by atoms with E-state index in [4.69, 9.17) is 4.74 Å². The van der Waals surface area contributed by atoms with E-state index < -0.39 is 11.7 Å². The molecule has 0 bridgehead atoms. The third-order valence-electron chi connectivity index (χ3n) is 3.73. The molecule has 0 amide bonds. The Morgan fingerprint density at radius 3 is 2.68 bits per heavy atom. The lowest BCUT2D eigenvalue weighted by Crippen LogP contribution is -2.55. The van der Waals surface area contributed by atoms with Gasteiger partial charge in [-0.15, -0.1) is 0 Å². The van der Waals surface area contributed by atoms with Crippen LogP contribution < -0.4 is 10.1 Å². The zero-order valence-electron chi connectivity index (χ0n) is 11.1. The second-order valence-corrected chi connectivity index (χ2v) is 4.81. The highest BCUT2D eigenvalue weighted by Crippen LogP contribution is 2.47. The van der Waals surface area contributed by atoms with E-state index in [1.54, 1.807) is 25.1 Å². The zero-order chi connectivity index (χ0) is 14.1. The molecule has 0 spiro atoms. The molecule has 1 aliphatic carbocycles. The molecule has 0 saturated heterocycles. The largest absolute Gasteiger partial charge is 0.497 e. The number of ether oxygens (including phenoxy) is 1. The molecule has 1 aromatic rings. The molecule has 2 rings (SSSR count). The highest BCUT2D eigenvalue weighted by molar-refractivity contribution is 5.42. The van der Waals surface area contributed by atoms with E-state index in [9.17, 15) is 13.2 Å². The minimum atomic E-state index is -4.30. The second-order valence-electron chi connectivity index (χ2n) is 4.81. The molecule has 0 heterocycles. The predicted octanol–water partition coefficient (Wildman–Crippen LogP) is 3.40. The van der Waals surface area contributed by atoms with Gasteiger partial charge >= 0.3 is 6.18 Å². The van der Waals surface area contributed by atoms with Gasteiger partial charge in [-0.05, 0) is 49.1 Å². The number of benzene rings is 1. The molecule has 0 saturated carbocycles. The maximum atomic E-state index is 13.6. The van der Waals surface area contributed by atoms with Gasteiger partial charge < -0.3 is 10.1 Å². The van der Waals surface area contributed by atoms with E-state index in [2.05, 4.69) is 5.32 Å². The number of fused-ring (bicyclic) bond motifs is 1. The lowest BCUT2D eigenvalue weighted by atomic mass is 9.75. The summed E-state index contributed by atoms with van der Waals surface area (Å²) in [6.07, 6.45) is -3.03. The Labute approximate surface area is 111 Å². The van der Waals surface area contributed by atoms with Crippen LogP contribution in [0.25, 0.3) is 0 Å². The number of hydrogen-bond acceptors (Lipinski definition) is 2. The van der Waals surface area contributed by atoms with Crippen molar-refractivity contribution in [3.8, 4) is 5.75 Å². The van der Waals surface area contributed by atoms with Crippen molar-refractivity contribution in [2.75, 3.05) is 13.7 Å². The number of alkyl halides is 3. The van der Waals surface area contributed by atoms with Gasteiger partial charge in [0, 0.05) is 0 Å². The molecule has 1 aromatic carbocycles. The molecule has 2 nitrogen and oxygen atoms in total. The summed E-state index contributed by atoms with van der Waals surface area (Å²) in [6.45, 7) is 1.98. The van der Waals surface area contributed by atoms with Crippen molar-refractivity contribution >= 4 is 0 Å². The lowest BCUT2D eigenvalue weighted by molar-refractivity contribution is -0.205. The summed E-state index contributed by atoms with van der Waals surface area (Å²) in [5.74, 6) is 0.605. The monoisotopic (exact) mass is 273 g/mol. The van der Waals surface area contributed by atoms with Crippen molar-refractivity contribution in [1.82, 2.24) is 5.32 Å². The molecule has 19 heavy (non-hydrogen) atoms. The fourth-order valence-electron chi connectivity index (χ4n) is 2.88. The van der Waals surface area contributed by atoms with Gasteiger partial charge in [-0.3, -0.25) is 0 Å². The maximum Gasteiger partial charge on any atom is 0.410 e. The van der Waals surface area contributed by atoms with E-state index in [0.29, 0.717) is 24.2 Å². The average molecular weight is 273 g/mol. The van der Waals surface area contributed by atoms with Crippen LogP contribution in [0.2, 0.25) is 0 Å². The number of aryl methyl sites for hydroxylation is 1. The smallest absolute Gasteiger partial charge is 0.410 e. The lowest BCUT2D eigenvalue weighted by Gasteiger charge is -2.41. The highest BCUT2D eigenvalue weighted by Gasteiger charge is 2.56. The van der Waals surface area contributed by atoms with Crippen LogP contribution in [0.3, 0.4) is 0 Å². The van der Waals surface area contributed by atoms with Crippen molar-refractivity contribution in [2.45, 2.75) is 37.9 Å². The van der Waals surface area contributed by atoms with Crippen molar-refractivity contribution in [1.29, 1.82) is 0 Å². The third kappa shape index (κ3) is 2.31. The molecule has 1 unspecified atom stereocenters. The zero-order valence-corrected chi connectivity index (χ0v) is 11.1. The Balaban J connectivity index is 2.55. The van der Waals surface area contributed by atoms with Crippen molar-refractivity contribution in [2.24, 2.45) is 0 Å². The Morgan fingerprint density at radius 1 is 1.37 bits per heavy atom. The molecule has 5 heteroatoms. The summed E-state index contributed by atoms with van der Waals surface area (Å²) in [5.41, 5.74) is -0.848. The quantitative estimate of drug-likeness (QED) is 0.911. The summed E-state index contributed by atoms with van der Waals surface area (Å²) < 4.78 is 45.7. The third-order valence-corrected chi connectivity index (χ3v) is 3.73. The van der Waals surface area contributed by atoms with Crippen molar-refractivity contribution in [3.05, 3.63) is 29.3 Å². The SMILES string of the molecule is CCNC1(C(F)(F)F)CCCc2cc(OC)ccc21. The Kier molecular flexibility index (Phi) is 3.76. The highest BCUT2D eigenvalue weighted by atomic mass is 19.4. The van der Waals surface area contributed by atoms with Gasteiger partial charge in [0.1, 0.15) is 11.3 Å². The van der Waals surface area contributed by atoms with E-state index in [1.165, 1.54) is 7.11 Å². The van der Waals surface area contributed by atoms with E-state index in [0.717, 1.165) is 5.56 Å². The molecule has 1 atom stereocenters. The van der Waals surface area contributed by atoms with Gasteiger partial charge in [0.25, 0.3) is 0 Å². The molecule has 0 aliphatic heterocycles. The van der Waals surface area contributed by atoms with Gasteiger partial charge in [-0.2, -0.15) is 13.2 Å². The first kappa shape index (κ1) is 14.2. The van der Waals surface area contributed by atoms with E-state index in [1.807, 2.05) is 0 Å². The second kappa shape index (κ2) is 5.04. The van der Waals surface area contributed by atoms with Crippen LogP contribution in [0.1, 0.15) is 30.9 Å². The van der Waals surface area contributed by atoms with Crippen molar-refractivity contribution in [3.63, 3.8) is 0 Å². The summed E-state index contributed by atoms with van der Waals surface area (Å²) in [4.78, 5) is 0. The first-order valence-electron chi connectivity index (χ1n) is 6.44. The summed E-state index contributed by atoms with van der Waals surface area (Å²) in [6, 6.07) is 4.86. The van der Waals surface area contributed by atoms with Crippen LogP contribution in [-0.4, -0.2) is 19.8 Å². The molecular formula is C14H18F3NO. The van der Waals surface area contributed by atoms with Crippen LogP contribution in [0, 0.1) is 0 Å². The standard InChI is InChI=1S/C14H18F3NO/c1-3-18-13(14(15,16)17)8-4-5-10-9-11(19-2)6-7-12(10)13/h6-7,9,18H,3-5,8H2,1-2H3. The fraction of sp³-hybridized carbons (Fsp3) is 0.571. The van der Waals surface area contributed by atoms with Gasteiger partial charge in [0.05, 0.1) is 7.11 Å².